The summed E-state index contributed by atoms with van der Waals surface area (Å²) in [5.74, 6) is -13.6. The first-order valence-electron chi connectivity index (χ1n) is 7.82. The Morgan fingerprint density at radius 3 is 1.50 bits per heavy atom. The molecule has 1 aromatic heterocycles. The van der Waals surface area contributed by atoms with E-state index in [1.165, 1.54) is 5.56 Å². The quantitative estimate of drug-likeness (QED) is 0.199. The number of hydrogen-bond donors (Lipinski definition) is 0. The summed E-state index contributed by atoms with van der Waals surface area (Å²) in [5, 5.41) is 0. The number of hydrogen-bond acceptors (Lipinski definition) is 0. The Morgan fingerprint density at radius 2 is 1.04 bits per heavy atom. The monoisotopic (exact) mass is 405 g/mol. The molecule has 1 heterocycles. The second-order valence-electron chi connectivity index (χ2n) is 5.59. The predicted molar refractivity (Wildman–Crippen MR) is 87.1 cm³/mol. The zero-order chi connectivity index (χ0) is 20.9. The third kappa shape index (κ3) is 5.08. The fourth-order valence-corrected chi connectivity index (χ4v) is 2.24. The minimum atomic E-state index is -6.30. The molecule has 0 spiro atoms. The molecule has 0 aliphatic rings. The lowest BCUT2D eigenvalue weighted by Gasteiger charge is -2.17. The maximum atomic E-state index is 12.5. The number of benzene rings is 2. The summed E-state index contributed by atoms with van der Waals surface area (Å²) in [4.78, 5) is 0. The number of rotatable bonds is 3. The molecule has 0 unspecified atom stereocenters. The van der Waals surface area contributed by atoms with Crippen LogP contribution >= 0.6 is 0 Å². The van der Waals surface area contributed by atoms with E-state index in [-0.39, 0.29) is 0 Å². The summed E-state index contributed by atoms with van der Waals surface area (Å²) >= 11 is 0. The van der Waals surface area contributed by atoms with Crippen molar-refractivity contribution in [3.05, 3.63) is 95.6 Å². The van der Waals surface area contributed by atoms with E-state index in [1.54, 1.807) is 0 Å². The lowest BCUT2D eigenvalue weighted by atomic mass is 9.79. The van der Waals surface area contributed by atoms with Crippen molar-refractivity contribution in [1.29, 1.82) is 0 Å². The van der Waals surface area contributed by atoms with E-state index >= 15 is 0 Å². The van der Waals surface area contributed by atoms with Crippen molar-refractivity contribution < 1.29 is 39.5 Å². The van der Waals surface area contributed by atoms with E-state index in [0.717, 1.165) is 6.54 Å². The number of nitrogens with zero attached hydrogens (tertiary/aromatic N) is 1. The Bertz CT molecular complexity index is 863. The SMILES string of the molecule is Fc1c(F)c(F)c([B-](F)(F)F)c(F)c1F.c1ccc(C[n+]2ccccc2)cc1. The summed E-state index contributed by atoms with van der Waals surface area (Å²) < 4.78 is 99.8. The van der Waals surface area contributed by atoms with Gasteiger partial charge in [0.1, 0.15) is 11.6 Å². The number of pyridine rings is 1. The largest absolute Gasteiger partial charge is 0.515 e. The van der Waals surface area contributed by atoms with Crippen molar-refractivity contribution in [2.75, 3.05) is 0 Å². The van der Waals surface area contributed by atoms with Crippen LogP contribution < -0.4 is 10.0 Å². The van der Waals surface area contributed by atoms with Crippen LogP contribution in [0, 0.1) is 29.1 Å². The van der Waals surface area contributed by atoms with Crippen LogP contribution in [0.5, 0.6) is 0 Å². The van der Waals surface area contributed by atoms with Gasteiger partial charge in [-0.15, -0.1) is 0 Å². The average Bonchev–Trinajstić information content (AvgIpc) is 2.66. The van der Waals surface area contributed by atoms with Crippen molar-refractivity contribution in [3.63, 3.8) is 0 Å². The van der Waals surface area contributed by atoms with E-state index in [4.69, 9.17) is 0 Å². The fraction of sp³-hybridized carbons (Fsp3) is 0.0556. The van der Waals surface area contributed by atoms with Crippen LogP contribution in [0.3, 0.4) is 0 Å². The molecule has 0 bridgehead atoms. The molecule has 148 valence electrons. The third-order valence-electron chi connectivity index (χ3n) is 3.56. The highest BCUT2D eigenvalue weighted by Gasteiger charge is 2.37. The Hall–Kier alpha value is -2.91. The molecule has 0 aliphatic carbocycles. The van der Waals surface area contributed by atoms with Crippen molar-refractivity contribution >= 4 is 12.4 Å². The highest BCUT2D eigenvalue weighted by molar-refractivity contribution is 6.73. The molecule has 0 amide bonds. The molecule has 10 heteroatoms. The Morgan fingerprint density at radius 1 is 0.607 bits per heavy atom. The van der Waals surface area contributed by atoms with E-state index in [0.29, 0.717) is 0 Å². The minimum Gasteiger partial charge on any atom is -0.445 e. The molecule has 3 rings (SSSR count). The lowest BCUT2D eigenvalue weighted by Crippen LogP contribution is -2.41. The molecular weight excluding hydrogens is 393 g/mol. The van der Waals surface area contributed by atoms with Gasteiger partial charge in [-0.3, -0.25) is 0 Å². The molecule has 0 N–H and O–H groups in total. The van der Waals surface area contributed by atoms with Gasteiger partial charge in [-0.2, -0.15) is 0 Å². The van der Waals surface area contributed by atoms with Crippen molar-refractivity contribution in [3.8, 4) is 0 Å². The van der Waals surface area contributed by atoms with Crippen LogP contribution in [0.15, 0.2) is 60.9 Å². The summed E-state index contributed by atoms with van der Waals surface area (Å²) in [6, 6.07) is 16.6. The maximum absolute atomic E-state index is 12.5. The van der Waals surface area contributed by atoms with E-state index in [1.807, 2.05) is 24.3 Å². The van der Waals surface area contributed by atoms with Gasteiger partial charge in [-0.25, -0.2) is 26.5 Å². The molecule has 28 heavy (non-hydrogen) atoms. The van der Waals surface area contributed by atoms with Gasteiger partial charge in [0.05, 0.1) is 0 Å². The van der Waals surface area contributed by atoms with Crippen LogP contribution in [0.1, 0.15) is 5.56 Å². The molecular formula is C18H12BF8N. The van der Waals surface area contributed by atoms with Gasteiger partial charge in [-0.1, -0.05) is 36.4 Å². The molecule has 0 fully saturated rings. The second kappa shape index (κ2) is 8.86. The number of halogens is 8. The fourth-order valence-electron chi connectivity index (χ4n) is 2.24. The molecule has 3 aromatic rings. The number of aromatic nitrogens is 1. The van der Waals surface area contributed by atoms with Gasteiger partial charge < -0.3 is 12.9 Å². The second-order valence-corrected chi connectivity index (χ2v) is 5.59. The van der Waals surface area contributed by atoms with E-state index in [2.05, 4.69) is 41.2 Å². The predicted octanol–water partition coefficient (Wildman–Crippen LogP) is 4.46. The zero-order valence-electron chi connectivity index (χ0n) is 14.0. The lowest BCUT2D eigenvalue weighted by molar-refractivity contribution is -0.688. The van der Waals surface area contributed by atoms with Gasteiger partial charge in [0.25, 0.3) is 0 Å². The molecule has 1 nitrogen and oxygen atoms in total. The Labute approximate surface area is 154 Å². The molecule has 0 saturated carbocycles. The minimum absolute atomic E-state index is 0.946. The maximum Gasteiger partial charge on any atom is 0.515 e. The standard InChI is InChI=1S/C12H12N.C6BF8/c1-3-7-12(8-4-1)11-13-9-5-2-6-10-13;8-2-1(7(13,14)15)3(9)5(11)6(12)4(2)10/h1-10H,11H2;/q+1;-1. The average molecular weight is 405 g/mol. The molecule has 0 radical (unpaired) electrons. The van der Waals surface area contributed by atoms with Gasteiger partial charge in [-0.05, 0) is 5.46 Å². The van der Waals surface area contributed by atoms with Crippen LogP contribution in [0.25, 0.3) is 0 Å². The van der Waals surface area contributed by atoms with Crippen LogP contribution in [0.2, 0.25) is 0 Å². The van der Waals surface area contributed by atoms with Gasteiger partial charge in [0.15, 0.2) is 36.4 Å². The van der Waals surface area contributed by atoms with E-state index < -0.39 is 41.5 Å². The van der Waals surface area contributed by atoms with Crippen molar-refractivity contribution in [2.24, 2.45) is 0 Å². The van der Waals surface area contributed by atoms with Crippen LogP contribution in [-0.4, -0.2) is 6.98 Å². The molecule has 0 saturated heterocycles. The summed E-state index contributed by atoms with van der Waals surface area (Å²) in [6.07, 6.45) is 4.15. The first kappa shape index (κ1) is 21.4. The van der Waals surface area contributed by atoms with Gasteiger partial charge >= 0.3 is 6.98 Å². The first-order chi connectivity index (χ1) is 13.1. The van der Waals surface area contributed by atoms with Gasteiger partial charge in [0.2, 0.25) is 0 Å². The van der Waals surface area contributed by atoms with Gasteiger partial charge in [0, 0.05) is 17.7 Å². The zero-order valence-corrected chi connectivity index (χ0v) is 14.0. The smallest absolute Gasteiger partial charge is 0.445 e. The molecule has 2 aromatic carbocycles. The summed E-state index contributed by atoms with van der Waals surface area (Å²) in [7, 11) is 0. The summed E-state index contributed by atoms with van der Waals surface area (Å²) in [6.45, 7) is -5.36. The molecule has 0 atom stereocenters. The Kier molecular flexibility index (Phi) is 6.77. The Balaban J connectivity index is 0.000000202. The normalized spacial score (nSPS) is 11.0. The van der Waals surface area contributed by atoms with Crippen LogP contribution in [-0.2, 0) is 6.54 Å². The first-order valence-corrected chi connectivity index (χ1v) is 7.82. The highest BCUT2D eigenvalue weighted by atomic mass is 19.4. The molecule has 0 aliphatic heterocycles. The third-order valence-corrected chi connectivity index (χ3v) is 3.56. The van der Waals surface area contributed by atoms with Crippen LogP contribution in [0.4, 0.5) is 34.9 Å². The van der Waals surface area contributed by atoms with Crippen molar-refractivity contribution in [1.82, 2.24) is 0 Å². The summed E-state index contributed by atoms with van der Waals surface area (Å²) in [5.41, 5.74) is -1.40. The van der Waals surface area contributed by atoms with E-state index in [9.17, 15) is 34.9 Å². The van der Waals surface area contributed by atoms with Crippen molar-refractivity contribution in [2.45, 2.75) is 6.54 Å². The topological polar surface area (TPSA) is 3.88 Å². The highest BCUT2D eigenvalue weighted by Crippen LogP contribution is 2.21.